The van der Waals surface area contributed by atoms with E-state index in [0.717, 1.165) is 28.3 Å². The Morgan fingerprint density at radius 2 is 0.677 bits per heavy atom. The Balaban J connectivity index is 1.11. The lowest BCUT2D eigenvalue weighted by molar-refractivity contribution is 1.18. The lowest BCUT2D eigenvalue weighted by Crippen LogP contribution is -2.10. The van der Waals surface area contributed by atoms with Crippen molar-refractivity contribution in [1.82, 2.24) is 4.57 Å². The zero-order valence-corrected chi connectivity index (χ0v) is 34.1. The van der Waals surface area contributed by atoms with Gasteiger partial charge in [-0.3, -0.25) is 0 Å². The number of nitrogens with zero attached hydrogens (tertiary/aromatic N) is 2. The van der Waals surface area contributed by atoms with Crippen LogP contribution in [0.25, 0.3) is 83.1 Å². The van der Waals surface area contributed by atoms with Gasteiger partial charge in [-0.05, 0) is 98.6 Å². The Morgan fingerprint density at radius 1 is 0.258 bits per heavy atom. The lowest BCUT2D eigenvalue weighted by atomic mass is 9.93. The summed E-state index contributed by atoms with van der Waals surface area (Å²) in [5.74, 6) is 0. The predicted molar refractivity (Wildman–Crippen MR) is 263 cm³/mol. The molecule has 0 saturated carbocycles. The van der Waals surface area contributed by atoms with E-state index in [1.807, 2.05) is 0 Å². The second-order valence-electron chi connectivity index (χ2n) is 15.7. The van der Waals surface area contributed by atoms with E-state index in [9.17, 15) is 0 Å². The zero-order valence-electron chi connectivity index (χ0n) is 34.1. The molecule has 0 spiro atoms. The summed E-state index contributed by atoms with van der Waals surface area (Å²) >= 11 is 0. The number of aromatic nitrogens is 1. The Hall–Kier alpha value is -8.20. The maximum absolute atomic E-state index is 2.48. The van der Waals surface area contributed by atoms with Gasteiger partial charge in [0.25, 0.3) is 0 Å². The molecule has 10 aromatic carbocycles. The van der Waals surface area contributed by atoms with Gasteiger partial charge in [-0.25, -0.2) is 0 Å². The van der Waals surface area contributed by atoms with Crippen molar-refractivity contribution in [1.29, 1.82) is 0 Å². The van der Waals surface area contributed by atoms with Crippen LogP contribution in [0, 0.1) is 0 Å². The van der Waals surface area contributed by atoms with E-state index in [1.54, 1.807) is 0 Å². The van der Waals surface area contributed by atoms with Gasteiger partial charge in [0.05, 0.1) is 16.7 Å². The molecule has 0 aliphatic carbocycles. The highest BCUT2D eigenvalue weighted by Crippen LogP contribution is 2.44. The van der Waals surface area contributed by atoms with Crippen LogP contribution in [0.3, 0.4) is 0 Å². The maximum atomic E-state index is 2.48. The molecule has 62 heavy (non-hydrogen) atoms. The molecule has 0 unspecified atom stereocenters. The van der Waals surface area contributed by atoms with Crippen LogP contribution >= 0.6 is 0 Å². The molecular formula is C60H42N2. The standard InChI is InChI=1S/C60H42N2/c1-5-18-43(19-6-1)44-32-36-49(37-33-44)61(50-38-34-47(35-39-50)53-27-14-13-26-52(53)45-20-7-2-8-21-45)51-40-41-56-55-28-15-16-30-57(55)62(59(56)42-51)58-31-17-29-54(46-22-9-3-10-23-46)60(58)48-24-11-4-12-25-48/h1-42H. The molecule has 1 aromatic heterocycles. The summed E-state index contributed by atoms with van der Waals surface area (Å²) in [5.41, 5.74) is 18.7. The molecule has 2 nitrogen and oxygen atoms in total. The number of benzene rings is 10. The van der Waals surface area contributed by atoms with Crippen LogP contribution in [0.2, 0.25) is 0 Å². The molecular weight excluding hydrogens is 749 g/mol. The van der Waals surface area contributed by atoms with Crippen LogP contribution < -0.4 is 4.90 Å². The Labute approximate surface area is 362 Å². The Morgan fingerprint density at radius 3 is 1.29 bits per heavy atom. The van der Waals surface area contributed by atoms with Gasteiger partial charge in [-0.1, -0.05) is 206 Å². The SMILES string of the molecule is c1ccc(-c2ccc(N(c3ccc(-c4ccccc4-c4ccccc4)cc3)c3ccc4c5ccccc5n(-c5cccc(-c6ccccc6)c5-c5ccccc5)c4c3)cc2)cc1. The molecule has 0 aliphatic rings. The third-order valence-electron chi connectivity index (χ3n) is 12.0. The monoisotopic (exact) mass is 790 g/mol. The number of fused-ring (bicyclic) bond motifs is 3. The Kier molecular flexibility index (Phi) is 9.57. The lowest BCUT2D eigenvalue weighted by Gasteiger charge is -2.26. The van der Waals surface area contributed by atoms with E-state index in [0.29, 0.717) is 0 Å². The van der Waals surface area contributed by atoms with Crippen LogP contribution in [0.4, 0.5) is 17.1 Å². The van der Waals surface area contributed by atoms with Crippen molar-refractivity contribution in [3.63, 3.8) is 0 Å². The summed E-state index contributed by atoms with van der Waals surface area (Å²) in [5, 5.41) is 2.43. The van der Waals surface area contributed by atoms with Gasteiger partial charge in [0.2, 0.25) is 0 Å². The van der Waals surface area contributed by atoms with Gasteiger partial charge in [0, 0.05) is 33.4 Å². The summed E-state index contributed by atoms with van der Waals surface area (Å²) in [7, 11) is 0. The topological polar surface area (TPSA) is 8.17 Å². The van der Waals surface area contributed by atoms with Crippen LogP contribution in [0.15, 0.2) is 255 Å². The largest absolute Gasteiger partial charge is 0.310 e. The van der Waals surface area contributed by atoms with E-state index in [2.05, 4.69) is 264 Å². The fourth-order valence-corrected chi connectivity index (χ4v) is 9.13. The third-order valence-corrected chi connectivity index (χ3v) is 12.0. The fourth-order valence-electron chi connectivity index (χ4n) is 9.13. The number of para-hydroxylation sites is 1. The molecule has 0 N–H and O–H groups in total. The molecule has 0 bridgehead atoms. The summed E-state index contributed by atoms with van der Waals surface area (Å²) in [6.07, 6.45) is 0. The first kappa shape index (κ1) is 36.8. The van der Waals surface area contributed by atoms with E-state index < -0.39 is 0 Å². The third kappa shape index (κ3) is 6.74. The average Bonchev–Trinajstić information content (AvgIpc) is 3.69. The summed E-state index contributed by atoms with van der Waals surface area (Å²) in [6.45, 7) is 0. The minimum Gasteiger partial charge on any atom is -0.310 e. The van der Waals surface area contributed by atoms with E-state index >= 15 is 0 Å². The van der Waals surface area contributed by atoms with Gasteiger partial charge in [0.15, 0.2) is 0 Å². The molecule has 292 valence electrons. The minimum atomic E-state index is 1.08. The predicted octanol–water partition coefficient (Wildman–Crippen LogP) is 16.6. The molecule has 11 aromatic rings. The van der Waals surface area contributed by atoms with E-state index in [4.69, 9.17) is 0 Å². The maximum Gasteiger partial charge on any atom is 0.0562 e. The fraction of sp³-hybridized carbons (Fsp3) is 0. The van der Waals surface area contributed by atoms with Gasteiger partial charge in [-0.2, -0.15) is 0 Å². The number of hydrogen-bond donors (Lipinski definition) is 0. The van der Waals surface area contributed by atoms with Gasteiger partial charge < -0.3 is 9.47 Å². The van der Waals surface area contributed by atoms with Crippen molar-refractivity contribution in [2.75, 3.05) is 4.90 Å². The van der Waals surface area contributed by atoms with Crippen molar-refractivity contribution in [3.8, 4) is 61.3 Å². The molecule has 1 heterocycles. The van der Waals surface area contributed by atoms with Crippen molar-refractivity contribution in [2.24, 2.45) is 0 Å². The highest BCUT2D eigenvalue weighted by Gasteiger charge is 2.21. The highest BCUT2D eigenvalue weighted by atomic mass is 15.1. The number of rotatable bonds is 9. The van der Waals surface area contributed by atoms with Crippen molar-refractivity contribution < 1.29 is 0 Å². The van der Waals surface area contributed by atoms with Crippen LogP contribution in [0.1, 0.15) is 0 Å². The second kappa shape index (κ2) is 16.1. The molecule has 0 amide bonds. The normalized spacial score (nSPS) is 11.2. The second-order valence-corrected chi connectivity index (χ2v) is 15.7. The highest BCUT2D eigenvalue weighted by molar-refractivity contribution is 6.11. The quantitative estimate of drug-likeness (QED) is 0.141. The smallest absolute Gasteiger partial charge is 0.0562 e. The zero-order chi connectivity index (χ0) is 41.2. The van der Waals surface area contributed by atoms with E-state index in [1.165, 1.54) is 71.9 Å². The molecule has 0 saturated heterocycles. The van der Waals surface area contributed by atoms with Crippen molar-refractivity contribution in [3.05, 3.63) is 255 Å². The molecule has 0 radical (unpaired) electrons. The van der Waals surface area contributed by atoms with Gasteiger partial charge in [-0.15, -0.1) is 0 Å². The van der Waals surface area contributed by atoms with E-state index in [-0.39, 0.29) is 0 Å². The number of anilines is 3. The first-order valence-corrected chi connectivity index (χ1v) is 21.3. The molecule has 11 rings (SSSR count). The molecule has 0 fully saturated rings. The van der Waals surface area contributed by atoms with Gasteiger partial charge in [0.1, 0.15) is 0 Å². The number of hydrogen-bond acceptors (Lipinski definition) is 1. The Bertz CT molecular complexity index is 3300. The van der Waals surface area contributed by atoms with Crippen molar-refractivity contribution >= 4 is 38.9 Å². The first-order valence-electron chi connectivity index (χ1n) is 21.3. The summed E-state index contributed by atoms with van der Waals surface area (Å²) < 4.78 is 2.48. The van der Waals surface area contributed by atoms with Crippen LogP contribution in [0.5, 0.6) is 0 Å². The van der Waals surface area contributed by atoms with Crippen molar-refractivity contribution in [2.45, 2.75) is 0 Å². The summed E-state index contributed by atoms with van der Waals surface area (Å²) in [6, 6.07) is 92.0. The van der Waals surface area contributed by atoms with Gasteiger partial charge >= 0.3 is 0 Å². The molecule has 2 heteroatoms. The van der Waals surface area contributed by atoms with Crippen LogP contribution in [-0.2, 0) is 0 Å². The molecule has 0 atom stereocenters. The minimum absolute atomic E-state index is 1.08. The first-order chi connectivity index (χ1) is 30.8. The molecule has 0 aliphatic heterocycles. The average molecular weight is 791 g/mol. The summed E-state index contributed by atoms with van der Waals surface area (Å²) in [4.78, 5) is 2.39. The van der Waals surface area contributed by atoms with Crippen LogP contribution in [-0.4, -0.2) is 4.57 Å².